The van der Waals surface area contributed by atoms with Crippen molar-refractivity contribution in [1.29, 1.82) is 0 Å². The van der Waals surface area contributed by atoms with Crippen LogP contribution in [0, 0.1) is 5.92 Å². The molecule has 19 heavy (non-hydrogen) atoms. The van der Waals surface area contributed by atoms with Crippen molar-refractivity contribution in [3.63, 3.8) is 0 Å². The van der Waals surface area contributed by atoms with Gasteiger partial charge in [-0.1, -0.05) is 61.8 Å². The zero-order valence-corrected chi connectivity index (χ0v) is 13.9. The normalized spacial score (nSPS) is 13.1. The van der Waals surface area contributed by atoms with Gasteiger partial charge in [0.15, 0.2) is 0 Å². The molecule has 0 heterocycles. The van der Waals surface area contributed by atoms with Gasteiger partial charge in [0, 0.05) is 17.4 Å². The summed E-state index contributed by atoms with van der Waals surface area (Å²) in [5, 5.41) is 4.01. The highest BCUT2D eigenvalue weighted by atomic mass is 79.9. The smallest absolute Gasteiger partial charge is 0.251 e. The van der Waals surface area contributed by atoms with Gasteiger partial charge in [-0.15, -0.1) is 0 Å². The van der Waals surface area contributed by atoms with E-state index in [9.17, 15) is 4.79 Å². The molecule has 1 aromatic carbocycles. The number of nitrogens with one attached hydrogen (secondary N) is 1. The fourth-order valence-corrected chi connectivity index (χ4v) is 2.77. The van der Waals surface area contributed by atoms with Gasteiger partial charge in [0.1, 0.15) is 0 Å². The van der Waals surface area contributed by atoms with E-state index in [1.807, 2.05) is 24.3 Å². The highest BCUT2D eigenvalue weighted by Gasteiger charge is 2.21. The highest BCUT2D eigenvalue weighted by Crippen LogP contribution is 2.25. The van der Waals surface area contributed by atoms with Crippen LogP contribution in [0.4, 0.5) is 0 Å². The van der Waals surface area contributed by atoms with E-state index in [-0.39, 0.29) is 11.3 Å². The van der Waals surface area contributed by atoms with E-state index in [0.29, 0.717) is 5.92 Å². The third kappa shape index (κ3) is 4.98. The molecule has 0 saturated heterocycles. The molecule has 1 N–H and O–H groups in total. The van der Waals surface area contributed by atoms with Crippen molar-refractivity contribution in [2.75, 3.05) is 11.9 Å². The molecular weight excluding hydrogens is 302 g/mol. The molecule has 0 fully saturated rings. The average molecular weight is 326 g/mol. The van der Waals surface area contributed by atoms with Crippen LogP contribution in [0.15, 0.2) is 24.3 Å². The highest BCUT2D eigenvalue weighted by molar-refractivity contribution is 9.09. The topological polar surface area (TPSA) is 29.1 Å². The third-order valence-electron chi connectivity index (χ3n) is 3.19. The van der Waals surface area contributed by atoms with Crippen molar-refractivity contribution in [2.24, 2.45) is 5.92 Å². The van der Waals surface area contributed by atoms with Crippen LogP contribution in [0.1, 0.15) is 50.0 Å². The predicted octanol–water partition coefficient (Wildman–Crippen LogP) is 4.14. The molecule has 0 aliphatic carbocycles. The molecule has 0 aliphatic heterocycles. The molecule has 1 atom stereocenters. The molecule has 0 spiro atoms. The lowest BCUT2D eigenvalue weighted by Crippen LogP contribution is -2.30. The largest absolute Gasteiger partial charge is 0.352 e. The SMILES string of the molecule is CC(CCBr)CNC(=O)c1ccccc1C(C)(C)C. The van der Waals surface area contributed by atoms with Gasteiger partial charge in [0.25, 0.3) is 5.91 Å². The van der Waals surface area contributed by atoms with Crippen molar-refractivity contribution in [2.45, 2.75) is 39.5 Å². The molecule has 0 radical (unpaired) electrons. The lowest BCUT2D eigenvalue weighted by atomic mass is 9.83. The number of rotatable bonds is 5. The molecule has 2 nitrogen and oxygen atoms in total. The second-order valence-corrected chi connectivity index (χ2v) is 6.88. The summed E-state index contributed by atoms with van der Waals surface area (Å²) in [6.07, 6.45) is 1.07. The molecule has 0 aliphatic rings. The summed E-state index contributed by atoms with van der Waals surface area (Å²) in [4.78, 5) is 12.3. The van der Waals surface area contributed by atoms with Crippen LogP contribution in [0.25, 0.3) is 0 Å². The van der Waals surface area contributed by atoms with E-state index in [0.717, 1.165) is 29.4 Å². The molecule has 1 rings (SSSR count). The summed E-state index contributed by atoms with van der Waals surface area (Å²) in [5.74, 6) is 0.525. The Morgan fingerprint density at radius 3 is 2.53 bits per heavy atom. The summed E-state index contributed by atoms with van der Waals surface area (Å²) in [6.45, 7) is 9.27. The number of alkyl halides is 1. The Morgan fingerprint density at radius 1 is 1.32 bits per heavy atom. The number of hydrogen-bond donors (Lipinski definition) is 1. The number of halogens is 1. The molecule has 0 aromatic heterocycles. The predicted molar refractivity (Wildman–Crippen MR) is 85.1 cm³/mol. The Morgan fingerprint density at radius 2 is 1.95 bits per heavy atom. The van der Waals surface area contributed by atoms with Gasteiger partial charge in [-0.25, -0.2) is 0 Å². The summed E-state index contributed by atoms with van der Waals surface area (Å²) >= 11 is 3.43. The lowest BCUT2D eigenvalue weighted by Gasteiger charge is -2.22. The Kier molecular flexibility index (Phi) is 6.05. The number of amides is 1. The second-order valence-electron chi connectivity index (χ2n) is 6.09. The number of benzene rings is 1. The van der Waals surface area contributed by atoms with Gasteiger partial charge in [0.2, 0.25) is 0 Å². The fraction of sp³-hybridized carbons (Fsp3) is 0.562. The number of hydrogen-bond acceptors (Lipinski definition) is 1. The minimum absolute atomic E-state index is 0.0184. The Labute approximate surface area is 125 Å². The molecule has 1 aromatic rings. The first-order chi connectivity index (χ1) is 8.86. The monoisotopic (exact) mass is 325 g/mol. The van der Waals surface area contributed by atoms with Crippen molar-refractivity contribution >= 4 is 21.8 Å². The minimum Gasteiger partial charge on any atom is -0.352 e. The maximum absolute atomic E-state index is 12.3. The van der Waals surface area contributed by atoms with E-state index in [1.165, 1.54) is 0 Å². The number of carbonyl (C=O) groups is 1. The first-order valence-corrected chi connectivity index (χ1v) is 7.92. The quantitative estimate of drug-likeness (QED) is 0.810. The fourth-order valence-electron chi connectivity index (χ4n) is 1.99. The Hall–Kier alpha value is -0.830. The van der Waals surface area contributed by atoms with Gasteiger partial charge in [-0.05, 0) is 29.4 Å². The van der Waals surface area contributed by atoms with Crippen LogP contribution in [0.2, 0.25) is 0 Å². The van der Waals surface area contributed by atoms with Crippen LogP contribution in [-0.2, 0) is 5.41 Å². The maximum atomic E-state index is 12.3. The molecule has 3 heteroatoms. The molecule has 1 amide bonds. The Bertz CT molecular complexity index is 423. The molecule has 0 bridgehead atoms. The van der Waals surface area contributed by atoms with Gasteiger partial charge in [0.05, 0.1) is 0 Å². The van der Waals surface area contributed by atoms with E-state index < -0.39 is 0 Å². The van der Waals surface area contributed by atoms with E-state index in [4.69, 9.17) is 0 Å². The van der Waals surface area contributed by atoms with Crippen LogP contribution in [0.5, 0.6) is 0 Å². The van der Waals surface area contributed by atoms with E-state index >= 15 is 0 Å². The van der Waals surface area contributed by atoms with Gasteiger partial charge < -0.3 is 5.32 Å². The first kappa shape index (κ1) is 16.2. The molecule has 0 saturated carbocycles. The van der Waals surface area contributed by atoms with E-state index in [1.54, 1.807) is 0 Å². The zero-order valence-electron chi connectivity index (χ0n) is 12.3. The number of carbonyl (C=O) groups excluding carboxylic acids is 1. The molecule has 106 valence electrons. The van der Waals surface area contributed by atoms with Crippen molar-refractivity contribution in [3.05, 3.63) is 35.4 Å². The van der Waals surface area contributed by atoms with Crippen molar-refractivity contribution in [1.82, 2.24) is 5.32 Å². The Balaban J connectivity index is 2.78. The van der Waals surface area contributed by atoms with Crippen LogP contribution < -0.4 is 5.32 Å². The molecule has 1 unspecified atom stereocenters. The second kappa shape index (κ2) is 7.09. The summed E-state index contributed by atoms with van der Waals surface area (Å²) in [7, 11) is 0. The van der Waals surface area contributed by atoms with Crippen LogP contribution in [-0.4, -0.2) is 17.8 Å². The third-order valence-corrected chi connectivity index (χ3v) is 3.65. The lowest BCUT2D eigenvalue weighted by molar-refractivity contribution is 0.0945. The first-order valence-electron chi connectivity index (χ1n) is 6.80. The zero-order chi connectivity index (χ0) is 14.5. The summed E-state index contributed by atoms with van der Waals surface area (Å²) < 4.78 is 0. The summed E-state index contributed by atoms with van der Waals surface area (Å²) in [5.41, 5.74) is 1.87. The van der Waals surface area contributed by atoms with Gasteiger partial charge in [-0.2, -0.15) is 0 Å². The maximum Gasteiger partial charge on any atom is 0.251 e. The van der Waals surface area contributed by atoms with Crippen LogP contribution >= 0.6 is 15.9 Å². The standard InChI is InChI=1S/C16H24BrNO/c1-12(9-10-17)11-18-15(19)13-7-5-6-8-14(13)16(2,3)4/h5-8,12H,9-11H2,1-4H3,(H,18,19). The van der Waals surface area contributed by atoms with Gasteiger partial charge >= 0.3 is 0 Å². The van der Waals surface area contributed by atoms with Gasteiger partial charge in [-0.3, -0.25) is 4.79 Å². The van der Waals surface area contributed by atoms with Crippen LogP contribution in [0.3, 0.4) is 0 Å². The van der Waals surface area contributed by atoms with Crippen molar-refractivity contribution in [3.8, 4) is 0 Å². The summed E-state index contributed by atoms with van der Waals surface area (Å²) in [6, 6.07) is 7.86. The van der Waals surface area contributed by atoms with E-state index in [2.05, 4.69) is 48.9 Å². The average Bonchev–Trinajstić information content (AvgIpc) is 2.35. The molecular formula is C16H24BrNO. The van der Waals surface area contributed by atoms with Crippen molar-refractivity contribution < 1.29 is 4.79 Å². The minimum atomic E-state index is -0.0184.